The summed E-state index contributed by atoms with van der Waals surface area (Å²) in [5.41, 5.74) is 0.913. The van der Waals surface area contributed by atoms with Gasteiger partial charge in [0.25, 0.3) is 5.91 Å². The van der Waals surface area contributed by atoms with Gasteiger partial charge in [-0.15, -0.1) is 0 Å². The van der Waals surface area contributed by atoms with Crippen LogP contribution < -0.4 is 10.2 Å². The maximum absolute atomic E-state index is 12.8. The Morgan fingerprint density at radius 1 is 1.29 bits per heavy atom. The third-order valence-corrected chi connectivity index (χ3v) is 5.73. The highest BCUT2D eigenvalue weighted by Gasteiger charge is 2.21. The van der Waals surface area contributed by atoms with E-state index < -0.39 is 0 Å². The van der Waals surface area contributed by atoms with Crippen LogP contribution in [-0.4, -0.2) is 46.6 Å². The molecule has 31 heavy (non-hydrogen) atoms. The molecule has 0 aliphatic heterocycles. The van der Waals surface area contributed by atoms with Crippen molar-refractivity contribution in [2.75, 3.05) is 25.2 Å². The van der Waals surface area contributed by atoms with E-state index in [-0.39, 0.29) is 18.2 Å². The summed E-state index contributed by atoms with van der Waals surface area (Å²) in [5, 5.41) is 3.99. The summed E-state index contributed by atoms with van der Waals surface area (Å²) in [6.45, 7) is 1.95. The zero-order chi connectivity index (χ0) is 22.1. The molecule has 0 saturated carbocycles. The lowest BCUT2D eigenvalue weighted by molar-refractivity contribution is -0.119. The number of amides is 2. The molecule has 3 aromatic rings. The average Bonchev–Trinajstić information content (AvgIpc) is 3.47. The van der Waals surface area contributed by atoms with E-state index in [1.54, 1.807) is 36.7 Å². The van der Waals surface area contributed by atoms with Crippen LogP contribution in [-0.2, 0) is 22.6 Å². The van der Waals surface area contributed by atoms with Crippen LogP contribution in [0.3, 0.4) is 0 Å². The molecule has 0 spiro atoms. The fourth-order valence-electron chi connectivity index (χ4n) is 2.82. The van der Waals surface area contributed by atoms with Crippen LogP contribution in [0.4, 0.5) is 5.13 Å². The first-order valence-electron chi connectivity index (χ1n) is 9.80. The van der Waals surface area contributed by atoms with Gasteiger partial charge >= 0.3 is 0 Å². The molecule has 1 aromatic carbocycles. The molecule has 0 aliphatic rings. The number of carbonyl (C=O) groups excluding carboxylic acids is 2. The lowest BCUT2D eigenvalue weighted by Gasteiger charge is -2.20. The van der Waals surface area contributed by atoms with Crippen LogP contribution in [0.25, 0.3) is 0 Å². The number of anilines is 1. The number of hydrogen-bond acceptors (Lipinski definition) is 6. The molecular weight excluding hydrogens is 438 g/mol. The maximum atomic E-state index is 12.8. The molecule has 0 bridgehead atoms. The zero-order valence-electron chi connectivity index (χ0n) is 17.2. The standard InChI is InChI=1S/C21H24ClN5O3S/c1-30-12-7-19(28)27(14-16-3-5-17(22)6-4-16)21-25-13-18(31-21)20(29)24-8-2-10-26-11-9-23-15-26/h3-6,9,11,13,15H,2,7-8,10,12,14H2,1H3,(H,24,29). The van der Waals surface area contributed by atoms with E-state index in [4.69, 9.17) is 16.3 Å². The van der Waals surface area contributed by atoms with Crippen molar-refractivity contribution in [3.05, 3.63) is 64.6 Å². The first kappa shape index (κ1) is 22.9. The summed E-state index contributed by atoms with van der Waals surface area (Å²) in [4.78, 5) is 35.6. The Morgan fingerprint density at radius 2 is 2.10 bits per heavy atom. The number of benzene rings is 1. The molecule has 2 aromatic heterocycles. The Labute approximate surface area is 189 Å². The van der Waals surface area contributed by atoms with Crippen molar-refractivity contribution < 1.29 is 14.3 Å². The Bertz CT molecular complexity index is 975. The largest absolute Gasteiger partial charge is 0.384 e. The highest BCUT2D eigenvalue weighted by atomic mass is 35.5. The fraction of sp³-hybridized carbons (Fsp3) is 0.333. The SMILES string of the molecule is COCCC(=O)N(Cc1ccc(Cl)cc1)c1ncc(C(=O)NCCCn2ccnc2)s1. The Balaban J connectivity index is 1.63. The van der Waals surface area contributed by atoms with Gasteiger partial charge in [-0.05, 0) is 24.1 Å². The van der Waals surface area contributed by atoms with Crippen molar-refractivity contribution in [2.24, 2.45) is 0 Å². The minimum atomic E-state index is -0.204. The number of thiazole rings is 1. The smallest absolute Gasteiger partial charge is 0.263 e. The van der Waals surface area contributed by atoms with Crippen molar-refractivity contribution in [3.63, 3.8) is 0 Å². The fourth-order valence-corrected chi connectivity index (χ4v) is 3.80. The number of hydrogen-bond donors (Lipinski definition) is 1. The van der Waals surface area contributed by atoms with Gasteiger partial charge in [0.1, 0.15) is 4.88 Å². The third kappa shape index (κ3) is 6.88. The van der Waals surface area contributed by atoms with Crippen LogP contribution in [0, 0.1) is 0 Å². The molecule has 2 amide bonds. The number of halogens is 1. The van der Waals surface area contributed by atoms with Gasteiger partial charge in [0, 0.05) is 37.6 Å². The number of methoxy groups -OCH3 is 1. The highest BCUT2D eigenvalue weighted by Crippen LogP contribution is 2.25. The van der Waals surface area contributed by atoms with Gasteiger partial charge in [0.15, 0.2) is 5.13 Å². The van der Waals surface area contributed by atoms with Gasteiger partial charge in [0.05, 0.1) is 32.1 Å². The summed E-state index contributed by atoms with van der Waals surface area (Å²) < 4.78 is 6.99. The minimum Gasteiger partial charge on any atom is -0.384 e. The van der Waals surface area contributed by atoms with Gasteiger partial charge < -0.3 is 14.6 Å². The molecule has 3 rings (SSSR count). The Hall–Kier alpha value is -2.75. The second kappa shape index (κ2) is 11.6. The van der Waals surface area contributed by atoms with E-state index in [0.717, 1.165) is 18.5 Å². The molecular formula is C21H24ClN5O3S. The van der Waals surface area contributed by atoms with Crippen LogP contribution in [0.1, 0.15) is 28.1 Å². The molecule has 0 saturated heterocycles. The predicted octanol–water partition coefficient (Wildman–Crippen LogP) is 3.38. The molecule has 0 unspecified atom stereocenters. The summed E-state index contributed by atoms with van der Waals surface area (Å²) in [6.07, 6.45) is 7.86. The zero-order valence-corrected chi connectivity index (χ0v) is 18.7. The topological polar surface area (TPSA) is 89.4 Å². The van der Waals surface area contributed by atoms with Crippen molar-refractivity contribution in [2.45, 2.75) is 25.9 Å². The number of imidazole rings is 1. The number of aryl methyl sites for hydroxylation is 1. The minimum absolute atomic E-state index is 0.126. The number of aromatic nitrogens is 3. The molecule has 2 heterocycles. The van der Waals surface area contributed by atoms with Gasteiger partial charge in [-0.1, -0.05) is 35.1 Å². The molecule has 8 nitrogen and oxygen atoms in total. The van der Waals surface area contributed by atoms with Crippen LogP contribution in [0.5, 0.6) is 0 Å². The quantitative estimate of drug-likeness (QED) is 0.442. The van der Waals surface area contributed by atoms with Crippen molar-refractivity contribution in [1.82, 2.24) is 19.9 Å². The van der Waals surface area contributed by atoms with Crippen LogP contribution >= 0.6 is 22.9 Å². The number of rotatable bonds is 11. The van der Waals surface area contributed by atoms with Crippen molar-refractivity contribution in [1.29, 1.82) is 0 Å². The maximum Gasteiger partial charge on any atom is 0.263 e. The van der Waals surface area contributed by atoms with E-state index >= 15 is 0 Å². The Kier molecular flexibility index (Phi) is 8.57. The second-order valence-electron chi connectivity index (χ2n) is 6.77. The van der Waals surface area contributed by atoms with Crippen molar-refractivity contribution in [3.8, 4) is 0 Å². The van der Waals surface area contributed by atoms with Gasteiger partial charge in [-0.3, -0.25) is 14.5 Å². The second-order valence-corrected chi connectivity index (χ2v) is 8.21. The predicted molar refractivity (Wildman–Crippen MR) is 120 cm³/mol. The molecule has 0 aliphatic carbocycles. The first-order valence-corrected chi connectivity index (χ1v) is 11.0. The summed E-state index contributed by atoms with van der Waals surface area (Å²) in [7, 11) is 1.55. The normalized spacial score (nSPS) is 10.8. The van der Waals surface area contributed by atoms with E-state index in [9.17, 15) is 9.59 Å². The van der Waals surface area contributed by atoms with Gasteiger partial charge in [0.2, 0.25) is 5.91 Å². The van der Waals surface area contributed by atoms with Crippen LogP contribution in [0.15, 0.2) is 49.2 Å². The molecule has 164 valence electrons. The lowest BCUT2D eigenvalue weighted by Crippen LogP contribution is -2.31. The average molecular weight is 462 g/mol. The van der Waals surface area contributed by atoms with Gasteiger partial charge in [-0.25, -0.2) is 9.97 Å². The number of carbonyl (C=O) groups is 2. The van der Waals surface area contributed by atoms with E-state index in [1.165, 1.54) is 17.5 Å². The molecule has 10 heteroatoms. The van der Waals surface area contributed by atoms with E-state index in [2.05, 4.69) is 15.3 Å². The molecule has 0 radical (unpaired) electrons. The number of nitrogens with zero attached hydrogens (tertiary/aromatic N) is 4. The summed E-state index contributed by atoms with van der Waals surface area (Å²) >= 11 is 7.15. The number of ether oxygens (including phenoxy) is 1. The van der Waals surface area contributed by atoms with Crippen molar-refractivity contribution >= 4 is 39.9 Å². The molecule has 0 atom stereocenters. The van der Waals surface area contributed by atoms with Gasteiger partial charge in [-0.2, -0.15) is 0 Å². The van der Waals surface area contributed by atoms with E-state index in [1.807, 2.05) is 22.9 Å². The highest BCUT2D eigenvalue weighted by molar-refractivity contribution is 7.17. The summed E-state index contributed by atoms with van der Waals surface area (Å²) in [6, 6.07) is 7.28. The van der Waals surface area contributed by atoms with Crippen LogP contribution in [0.2, 0.25) is 5.02 Å². The summed E-state index contributed by atoms with van der Waals surface area (Å²) in [5.74, 6) is -0.330. The molecule has 1 N–H and O–H groups in total. The third-order valence-electron chi connectivity index (χ3n) is 4.46. The monoisotopic (exact) mass is 461 g/mol. The lowest BCUT2D eigenvalue weighted by atomic mass is 10.2. The Morgan fingerprint density at radius 3 is 2.81 bits per heavy atom. The number of nitrogens with one attached hydrogen (secondary N) is 1. The first-order chi connectivity index (χ1) is 15.1. The molecule has 0 fully saturated rings. The van der Waals surface area contributed by atoms with E-state index in [0.29, 0.717) is 34.7 Å².